The highest BCUT2D eigenvalue weighted by Crippen LogP contribution is 2.35. The molecule has 6 N–H and O–H groups in total. The number of esters is 3. The summed E-state index contributed by atoms with van der Waals surface area (Å²) in [6.45, 7) is 6.49. The van der Waals surface area contributed by atoms with E-state index in [9.17, 15) is 86.3 Å². The van der Waals surface area contributed by atoms with Crippen molar-refractivity contribution in [2.24, 2.45) is 0 Å². The highest BCUT2D eigenvalue weighted by molar-refractivity contribution is 6.37. The topological polar surface area (TPSA) is 439 Å². The van der Waals surface area contributed by atoms with E-state index in [1.165, 1.54) is 41.2 Å². The van der Waals surface area contributed by atoms with Crippen LogP contribution >= 0.6 is 23.2 Å². The van der Waals surface area contributed by atoms with Crippen molar-refractivity contribution >= 4 is 130 Å². The lowest BCUT2D eigenvalue weighted by Gasteiger charge is -2.43. The van der Waals surface area contributed by atoms with Gasteiger partial charge in [0.05, 0.1) is 67.5 Å². The first-order chi connectivity index (χ1) is 51.1. The molecule has 0 spiro atoms. The number of hydrazine groups is 4. The van der Waals surface area contributed by atoms with Gasteiger partial charge in [0.15, 0.2) is 5.75 Å². The molecule has 6 saturated heterocycles. The van der Waals surface area contributed by atoms with Crippen LogP contribution in [0.15, 0.2) is 84.8 Å². The van der Waals surface area contributed by atoms with Crippen molar-refractivity contribution in [1.82, 2.24) is 67.1 Å². The number of Topliss-reactive ketones (excluding diaryl/α,β-unsaturated/α-hetero) is 1. The fourth-order valence-electron chi connectivity index (χ4n) is 12.2. The van der Waals surface area contributed by atoms with Crippen molar-refractivity contribution < 1.29 is 105 Å². The van der Waals surface area contributed by atoms with Crippen LogP contribution < -0.4 is 36.7 Å². The Hall–Kier alpha value is -11.4. The first-order valence-corrected chi connectivity index (χ1v) is 35.1. The van der Waals surface area contributed by atoms with E-state index in [-0.39, 0.29) is 155 Å². The Kier molecular flexibility index (Phi) is 30.7. The molecule has 0 saturated carbocycles. The summed E-state index contributed by atoms with van der Waals surface area (Å²) < 4.78 is 19.6. The summed E-state index contributed by atoms with van der Waals surface area (Å²) in [4.78, 5) is 225. The second-order valence-electron chi connectivity index (χ2n) is 24.8. The summed E-state index contributed by atoms with van der Waals surface area (Å²) in [5, 5.41) is 20.7. The maximum Gasteiger partial charge on any atom is 0.358 e. The van der Waals surface area contributed by atoms with Gasteiger partial charge in [0.25, 0.3) is 29.5 Å². The minimum Gasteiger partial charge on any atom is -0.494 e. The van der Waals surface area contributed by atoms with Gasteiger partial charge in [-0.25, -0.2) is 29.8 Å². The Morgan fingerprint density at radius 1 is 0.542 bits per heavy atom. The number of hydrogen-bond donors (Lipinski definition) is 6. The summed E-state index contributed by atoms with van der Waals surface area (Å²) in [6.07, 6.45) is 3.03. The molecule has 3 aromatic carbocycles. The summed E-state index contributed by atoms with van der Waals surface area (Å²) in [5.41, 5.74) is 3.16. The van der Waals surface area contributed by atoms with Gasteiger partial charge in [-0.1, -0.05) is 59.6 Å². The molecule has 35 nitrogen and oxygen atoms in total. The van der Waals surface area contributed by atoms with Crippen molar-refractivity contribution in [1.29, 1.82) is 0 Å². The molecule has 13 amide bonds. The number of urea groups is 1. The lowest BCUT2D eigenvalue weighted by molar-refractivity contribution is -0.176. The van der Waals surface area contributed by atoms with Gasteiger partial charge in [0.2, 0.25) is 35.4 Å². The molecule has 6 fully saturated rings. The largest absolute Gasteiger partial charge is 0.494 e. The molecule has 0 unspecified atom stereocenters. The quantitative estimate of drug-likeness (QED) is 0.0323. The molecule has 107 heavy (non-hydrogen) atoms. The molecule has 0 aliphatic carbocycles. The molecule has 3 aromatic rings. The highest BCUT2D eigenvalue weighted by Gasteiger charge is 2.48. The molecule has 0 aromatic heterocycles. The number of ketones is 1. The third-order valence-corrected chi connectivity index (χ3v) is 17.7. The predicted molar refractivity (Wildman–Crippen MR) is 373 cm³/mol. The lowest BCUT2D eigenvalue weighted by atomic mass is 10.0. The highest BCUT2D eigenvalue weighted by atomic mass is 35.5. The van der Waals surface area contributed by atoms with E-state index < -0.39 is 119 Å². The Morgan fingerprint density at radius 2 is 0.981 bits per heavy atom. The first-order valence-electron chi connectivity index (χ1n) is 34.4. The van der Waals surface area contributed by atoms with Gasteiger partial charge in [-0.3, -0.25) is 87.4 Å². The fraction of sp³-hybridized carbons (Fsp3) is 0.457. The molecule has 6 aliphatic heterocycles. The normalized spacial score (nSPS) is 19.9. The van der Waals surface area contributed by atoms with Crippen molar-refractivity contribution in [2.45, 2.75) is 160 Å². The Balaban J connectivity index is 0.000000224. The standard InChI is InChI=1S/C25H30N4O8.C23H28N4O7.C22H25Cl2N5O7/c1-3-36-22(32)14-18(15-37-16(2)30)26-24(34)20-10-7-13-28-21(31)12-11-19(25(35)29(20)28)27-23(33)17-8-5-4-6-9-17;1-2-34-20(30)13-16(14-28)24-22(32)18-9-6-12-26-19(29)11-10-17(23(33)27(18)26)25-21(31)15-7-4-3-5-8-15;1-12(31)8-14(11-30)25-21(34)17-4-3-6-28-18(32)5-7-27(22(35)29(17)28)26-20(33)13-9-15(23)19(36-2)16(24)10-13/h4-6,8-9,15,19-20H,3,7,10-14H2,1-2H3,(H,26,34)(H,27,33);3-5,7-8,14,16-18H,2,6,9-13H2,1H3,(H,24,32)(H,25,31);9-11,14,17H,3-8H2,1-2H3,(H,25,34)(H,26,33)/t19-,20-;16-,17-,18-;14-,17-/m000/s1. The first kappa shape index (κ1) is 82.9. The maximum absolute atomic E-state index is 13.5. The molecule has 7 atom stereocenters. The number of methoxy groups -OCH3 is 1. The van der Waals surface area contributed by atoms with Gasteiger partial charge < -0.3 is 55.1 Å². The monoisotopic (exact) mass is 1530 g/mol. The van der Waals surface area contributed by atoms with Crippen LogP contribution in [0, 0.1) is 0 Å². The van der Waals surface area contributed by atoms with Crippen LogP contribution in [0.25, 0.3) is 0 Å². The van der Waals surface area contributed by atoms with Crippen LogP contribution in [-0.2, 0) is 81.3 Å². The number of hydrogen-bond acceptors (Lipinski definition) is 22. The molecule has 0 radical (unpaired) electrons. The van der Waals surface area contributed by atoms with Crippen LogP contribution in [0.2, 0.25) is 10.0 Å². The van der Waals surface area contributed by atoms with Gasteiger partial charge in [-0.2, -0.15) is 0 Å². The van der Waals surface area contributed by atoms with Gasteiger partial charge in [0.1, 0.15) is 54.8 Å². The fourth-order valence-corrected chi connectivity index (χ4v) is 12.8. The number of rotatable bonds is 24. The van der Waals surface area contributed by atoms with Gasteiger partial charge in [0, 0.05) is 68.9 Å². The molecule has 0 bridgehead atoms. The Morgan fingerprint density at radius 3 is 1.43 bits per heavy atom. The number of nitrogens with zero attached hydrogens (tertiary/aromatic N) is 7. The number of benzene rings is 3. The van der Waals surface area contributed by atoms with Crippen LogP contribution in [-0.4, -0.2) is 231 Å². The predicted octanol–water partition coefficient (Wildman–Crippen LogP) is 2.08. The molecule has 574 valence electrons. The number of nitrogens with one attached hydrogen (secondary N) is 6. The summed E-state index contributed by atoms with van der Waals surface area (Å²) in [5.74, 6) is -8.04. The number of amides is 13. The lowest BCUT2D eigenvalue weighted by Crippen LogP contribution is -2.64. The molecule has 37 heteroatoms. The van der Waals surface area contributed by atoms with E-state index in [1.54, 1.807) is 74.5 Å². The summed E-state index contributed by atoms with van der Waals surface area (Å²) in [7, 11) is 1.37. The van der Waals surface area contributed by atoms with Gasteiger partial charge in [-0.05, 0) is 109 Å². The average Bonchev–Trinajstić information content (AvgIpc) is 1.76. The van der Waals surface area contributed by atoms with Crippen molar-refractivity contribution in [2.75, 3.05) is 46.5 Å². The van der Waals surface area contributed by atoms with Crippen LogP contribution in [0.5, 0.6) is 5.75 Å². The summed E-state index contributed by atoms with van der Waals surface area (Å²) in [6, 6.07) is 11.0. The minimum absolute atomic E-state index is 0.0107. The maximum atomic E-state index is 13.5. The number of carbonyl (C=O) groups is 18. The van der Waals surface area contributed by atoms with Crippen molar-refractivity contribution in [3.05, 3.63) is 111 Å². The molecular weight excluding hydrogens is 1450 g/mol. The van der Waals surface area contributed by atoms with Crippen molar-refractivity contribution in [3.63, 3.8) is 0 Å². The summed E-state index contributed by atoms with van der Waals surface area (Å²) >= 11 is 12.2. The zero-order valence-electron chi connectivity index (χ0n) is 59.2. The van der Waals surface area contributed by atoms with E-state index in [0.29, 0.717) is 43.0 Å². The minimum atomic E-state index is -1.13. The third-order valence-electron chi connectivity index (χ3n) is 17.2. The van der Waals surface area contributed by atoms with Gasteiger partial charge in [-0.15, -0.1) is 0 Å². The second-order valence-corrected chi connectivity index (χ2v) is 25.7. The van der Waals surface area contributed by atoms with Crippen LogP contribution in [0.4, 0.5) is 4.79 Å². The van der Waals surface area contributed by atoms with E-state index >= 15 is 0 Å². The number of fused-ring (bicyclic) bond motifs is 3. The number of aldehydes is 2. The zero-order valence-corrected chi connectivity index (χ0v) is 60.7. The van der Waals surface area contributed by atoms with E-state index in [2.05, 4.69) is 32.0 Å². The van der Waals surface area contributed by atoms with Crippen LogP contribution in [0.1, 0.15) is 149 Å². The van der Waals surface area contributed by atoms with E-state index in [4.69, 9.17) is 42.1 Å². The number of halogens is 2. The van der Waals surface area contributed by atoms with E-state index in [0.717, 1.165) is 33.2 Å². The number of carbonyl (C=O) groups excluding carboxylic acids is 18. The number of ether oxygens (including phenoxy) is 4. The second kappa shape index (κ2) is 39.7. The molecule has 9 rings (SSSR count). The van der Waals surface area contributed by atoms with Gasteiger partial charge >= 0.3 is 23.9 Å². The zero-order chi connectivity index (χ0) is 78.2. The van der Waals surface area contributed by atoms with Crippen LogP contribution in [0.3, 0.4) is 0 Å². The smallest absolute Gasteiger partial charge is 0.358 e. The SMILES string of the molecule is CCOC(=O)CC(=COC(C)=O)NC(=O)[C@@H]1CCCN2C(=O)CC[C@H](NC(=O)c3ccccc3)C(=O)N12.CCOC(=O)C[C@@H](C=O)NC(=O)[C@@H]1CCCN2C(=O)CC[C@H](NC(=O)c3ccccc3)C(=O)N12.COc1c(Cl)cc(C(=O)NN2CCC(=O)N3CCC[C@@H](C(=O)N[C@H](C=O)CC(C)=O)N3C2=O)cc1Cl. The molecule has 6 aliphatic rings. The Labute approximate surface area is 623 Å². The Bertz CT molecular complexity index is 3900. The van der Waals surface area contributed by atoms with Crippen molar-refractivity contribution in [3.8, 4) is 5.75 Å². The third kappa shape index (κ3) is 22.3. The molecule has 6 heterocycles. The average molecular weight is 1530 g/mol. The van der Waals surface area contributed by atoms with E-state index in [1.807, 2.05) is 0 Å². The molecular formula is C70H83Cl2N13O22.